The van der Waals surface area contributed by atoms with Crippen LogP contribution in [0.4, 0.5) is 23.2 Å². The van der Waals surface area contributed by atoms with Gasteiger partial charge >= 0.3 is 6.18 Å². The highest BCUT2D eigenvalue weighted by Crippen LogP contribution is 2.43. The van der Waals surface area contributed by atoms with Crippen molar-refractivity contribution in [2.24, 2.45) is 0 Å². The molecule has 2 amide bonds. The lowest BCUT2D eigenvalue weighted by Crippen LogP contribution is -2.55. The number of benzene rings is 2. The molecule has 1 aromatic heterocycles. The van der Waals surface area contributed by atoms with Crippen LogP contribution in [0.15, 0.2) is 41.2 Å². The minimum Gasteiger partial charge on any atom is -0.374 e. The number of pyridine rings is 1. The molecule has 2 aliphatic heterocycles. The monoisotopic (exact) mass is 571 g/mol. The van der Waals surface area contributed by atoms with Gasteiger partial charge in [0.05, 0.1) is 34.8 Å². The van der Waals surface area contributed by atoms with E-state index < -0.39 is 29.2 Å². The Hall–Kier alpha value is -3.93. The number of rotatable bonds is 4. The van der Waals surface area contributed by atoms with E-state index in [9.17, 15) is 31.9 Å². The van der Waals surface area contributed by atoms with Crippen LogP contribution < -0.4 is 16.2 Å². The van der Waals surface area contributed by atoms with Crippen LogP contribution >= 0.6 is 0 Å². The molecule has 1 spiro atoms. The third-order valence-corrected chi connectivity index (χ3v) is 8.53. The maximum absolute atomic E-state index is 14.9. The van der Waals surface area contributed by atoms with Gasteiger partial charge in [0, 0.05) is 26.2 Å². The molecule has 41 heavy (non-hydrogen) atoms. The highest BCUT2D eigenvalue weighted by atomic mass is 19.4. The highest BCUT2D eigenvalue weighted by molar-refractivity contribution is 5.98. The molecule has 0 unspecified atom stereocenters. The van der Waals surface area contributed by atoms with Crippen molar-refractivity contribution in [2.75, 3.05) is 38.0 Å². The number of aromatic nitrogens is 1. The number of anilines is 1. The van der Waals surface area contributed by atoms with Crippen molar-refractivity contribution in [3.63, 3.8) is 0 Å². The van der Waals surface area contributed by atoms with Crippen LogP contribution in [-0.2, 0) is 17.4 Å². The number of alkyl halides is 3. The van der Waals surface area contributed by atoms with Crippen LogP contribution in [0.3, 0.4) is 0 Å². The Kier molecular flexibility index (Phi) is 6.55. The summed E-state index contributed by atoms with van der Waals surface area (Å²) in [5.41, 5.74) is -0.210. The fraction of sp³-hybridized carbons (Fsp3) is 0.414. The zero-order chi connectivity index (χ0) is 29.1. The standard InChI is InChI=1S/C29H29F4N5O3/c1-16-20-3-2-19(29(31,32)33)10-17(20)4-8-37(16)25(39)14-35-23-11-18-12-24(36-26(40)21(18)13-22(23)30)27(41)38-9-7-34-15-28(38)5-6-28/h2-3,10-13,16,34-35H,4-9,14-15H2,1H3,(H,36,40)/t16-/m0/s1. The molecular weight excluding hydrogens is 542 g/mol. The zero-order valence-electron chi connectivity index (χ0n) is 22.3. The van der Waals surface area contributed by atoms with Gasteiger partial charge in [0.1, 0.15) is 11.5 Å². The van der Waals surface area contributed by atoms with Crippen LogP contribution in [0.2, 0.25) is 0 Å². The van der Waals surface area contributed by atoms with Crippen LogP contribution in [0.25, 0.3) is 10.8 Å². The van der Waals surface area contributed by atoms with Crippen LogP contribution in [0.1, 0.15) is 53.0 Å². The molecule has 6 rings (SSSR count). The maximum atomic E-state index is 14.9. The van der Waals surface area contributed by atoms with Gasteiger partial charge in [-0.1, -0.05) is 6.07 Å². The van der Waals surface area contributed by atoms with Gasteiger partial charge in [-0.25, -0.2) is 4.39 Å². The number of carbonyl (C=O) groups excluding carboxylic acids is 2. The van der Waals surface area contributed by atoms with Crippen LogP contribution in [-0.4, -0.2) is 64.9 Å². The number of H-pyrrole nitrogens is 1. The molecule has 1 aliphatic carbocycles. The SMILES string of the molecule is C[C@H]1c2ccc(C(F)(F)F)cc2CCN1C(=O)CNc1cc2cc(C(=O)N3CCNCC34CC4)[nH]c(=O)c2cc1F. The van der Waals surface area contributed by atoms with Gasteiger partial charge < -0.3 is 25.4 Å². The van der Waals surface area contributed by atoms with Gasteiger partial charge in [-0.15, -0.1) is 0 Å². The maximum Gasteiger partial charge on any atom is 0.416 e. The van der Waals surface area contributed by atoms with Gasteiger partial charge in [0.2, 0.25) is 5.91 Å². The fourth-order valence-electron chi connectivity index (χ4n) is 6.06. The molecule has 3 N–H and O–H groups in total. The smallest absolute Gasteiger partial charge is 0.374 e. The van der Waals surface area contributed by atoms with Crippen molar-refractivity contribution in [1.82, 2.24) is 20.1 Å². The third-order valence-electron chi connectivity index (χ3n) is 8.53. The molecular formula is C29H29F4N5O3. The molecule has 2 fully saturated rings. The normalized spacial score (nSPS) is 19.8. The molecule has 216 valence electrons. The average Bonchev–Trinajstić information content (AvgIpc) is 3.70. The minimum absolute atomic E-state index is 0.00411. The van der Waals surface area contributed by atoms with E-state index in [1.807, 2.05) is 0 Å². The second kappa shape index (κ2) is 9.86. The Morgan fingerprint density at radius 1 is 1.12 bits per heavy atom. The average molecular weight is 572 g/mol. The highest BCUT2D eigenvalue weighted by Gasteiger charge is 2.51. The summed E-state index contributed by atoms with van der Waals surface area (Å²) in [5, 5.41) is 6.54. The van der Waals surface area contributed by atoms with Gasteiger partial charge in [0.15, 0.2) is 0 Å². The first-order valence-electron chi connectivity index (χ1n) is 13.6. The molecule has 0 bridgehead atoms. The summed E-state index contributed by atoms with van der Waals surface area (Å²) in [6.07, 6.45) is -2.38. The largest absolute Gasteiger partial charge is 0.416 e. The number of halogens is 4. The Morgan fingerprint density at radius 3 is 2.63 bits per heavy atom. The summed E-state index contributed by atoms with van der Waals surface area (Å²) >= 11 is 0. The van der Waals surface area contributed by atoms with Crippen LogP contribution in [0.5, 0.6) is 0 Å². The van der Waals surface area contributed by atoms with Crippen molar-refractivity contribution in [3.8, 4) is 0 Å². The van der Waals surface area contributed by atoms with Gasteiger partial charge in [0.25, 0.3) is 11.5 Å². The number of aromatic amines is 1. The Bertz CT molecular complexity index is 1610. The summed E-state index contributed by atoms with van der Waals surface area (Å²) in [5.74, 6) is -1.36. The van der Waals surface area contributed by atoms with Crippen molar-refractivity contribution >= 4 is 28.3 Å². The van der Waals surface area contributed by atoms with E-state index in [0.29, 0.717) is 36.1 Å². The lowest BCUT2D eigenvalue weighted by molar-refractivity contribution is -0.138. The summed E-state index contributed by atoms with van der Waals surface area (Å²) in [4.78, 5) is 45.1. The van der Waals surface area contributed by atoms with E-state index in [0.717, 1.165) is 31.0 Å². The molecule has 3 aromatic rings. The van der Waals surface area contributed by atoms with Crippen molar-refractivity contribution in [1.29, 1.82) is 0 Å². The van der Waals surface area contributed by atoms with E-state index in [2.05, 4.69) is 15.6 Å². The number of carbonyl (C=O) groups is 2. The molecule has 2 aromatic carbocycles. The number of hydrogen-bond acceptors (Lipinski definition) is 5. The number of amides is 2. The molecule has 1 saturated heterocycles. The van der Waals surface area contributed by atoms with E-state index in [1.165, 1.54) is 18.2 Å². The van der Waals surface area contributed by atoms with Gasteiger partial charge in [-0.05, 0) is 73.0 Å². The topological polar surface area (TPSA) is 97.5 Å². The van der Waals surface area contributed by atoms with Crippen molar-refractivity contribution < 1.29 is 27.2 Å². The predicted octanol–water partition coefficient (Wildman–Crippen LogP) is 3.82. The second-order valence-electron chi connectivity index (χ2n) is 11.1. The van der Waals surface area contributed by atoms with E-state index in [4.69, 9.17) is 0 Å². The number of nitrogens with zero attached hydrogens (tertiary/aromatic N) is 2. The quantitative estimate of drug-likeness (QED) is 0.414. The molecule has 0 radical (unpaired) electrons. The summed E-state index contributed by atoms with van der Waals surface area (Å²) in [6.45, 7) is 3.61. The minimum atomic E-state index is -4.44. The van der Waals surface area contributed by atoms with Gasteiger partial charge in [-0.2, -0.15) is 13.2 Å². The summed E-state index contributed by atoms with van der Waals surface area (Å²) < 4.78 is 54.3. The molecule has 1 saturated carbocycles. The van der Waals surface area contributed by atoms with Crippen LogP contribution in [0, 0.1) is 5.82 Å². The molecule has 8 nitrogen and oxygen atoms in total. The predicted molar refractivity (Wildman–Crippen MR) is 144 cm³/mol. The number of nitrogens with one attached hydrogen (secondary N) is 3. The second-order valence-corrected chi connectivity index (χ2v) is 11.1. The number of fused-ring (bicyclic) bond motifs is 2. The first-order chi connectivity index (χ1) is 19.5. The first-order valence-corrected chi connectivity index (χ1v) is 13.6. The Morgan fingerprint density at radius 2 is 1.90 bits per heavy atom. The first kappa shape index (κ1) is 27.3. The molecule has 1 atom stereocenters. The number of hydrogen-bond donors (Lipinski definition) is 3. The van der Waals surface area contributed by atoms with E-state index >= 15 is 0 Å². The lowest BCUT2D eigenvalue weighted by Gasteiger charge is -2.36. The zero-order valence-corrected chi connectivity index (χ0v) is 22.3. The summed E-state index contributed by atoms with van der Waals surface area (Å²) in [7, 11) is 0. The number of piperazine rings is 1. The van der Waals surface area contributed by atoms with E-state index in [-0.39, 0.29) is 53.6 Å². The Balaban J connectivity index is 1.19. The van der Waals surface area contributed by atoms with E-state index in [1.54, 1.807) is 16.7 Å². The Labute approximate surface area is 232 Å². The van der Waals surface area contributed by atoms with Crippen molar-refractivity contribution in [2.45, 2.75) is 43.9 Å². The molecule has 3 aliphatic rings. The molecule has 12 heteroatoms. The van der Waals surface area contributed by atoms with Gasteiger partial charge in [-0.3, -0.25) is 14.4 Å². The summed E-state index contributed by atoms with van der Waals surface area (Å²) in [6, 6.07) is 7.10. The molecule has 3 heterocycles. The lowest BCUT2D eigenvalue weighted by atomic mass is 9.91. The third kappa shape index (κ3) is 4.94. The van der Waals surface area contributed by atoms with Crippen molar-refractivity contribution in [3.05, 3.63) is 75.0 Å². The fourth-order valence-corrected chi connectivity index (χ4v) is 6.06.